The minimum atomic E-state index is -0.0873. The molecule has 2 atom stereocenters. The largest absolute Gasteiger partial charge is 0.378 e. The number of fused-ring (bicyclic) bond motifs is 1. The Kier molecular flexibility index (Phi) is 5.45. The fourth-order valence-corrected chi connectivity index (χ4v) is 6.01. The third-order valence-electron chi connectivity index (χ3n) is 7.52. The fourth-order valence-electron chi connectivity index (χ4n) is 6.01. The number of ether oxygens (including phenoxy) is 2. The molecule has 2 saturated heterocycles. The van der Waals surface area contributed by atoms with Gasteiger partial charge in [-0.25, -0.2) is 0 Å². The van der Waals surface area contributed by atoms with Crippen LogP contribution in [0.25, 0.3) is 0 Å². The van der Waals surface area contributed by atoms with Gasteiger partial charge in [0.05, 0.1) is 12.2 Å². The van der Waals surface area contributed by atoms with E-state index < -0.39 is 0 Å². The van der Waals surface area contributed by atoms with E-state index in [2.05, 4.69) is 30.3 Å². The van der Waals surface area contributed by atoms with Crippen molar-refractivity contribution in [2.45, 2.75) is 75.2 Å². The Morgan fingerprint density at radius 3 is 2.83 bits per heavy atom. The van der Waals surface area contributed by atoms with Gasteiger partial charge in [-0.2, -0.15) is 0 Å². The second kappa shape index (κ2) is 8.20. The number of unbranched alkanes of at least 4 members (excludes halogenated alkanes) is 1. The molecule has 3 nitrogen and oxygen atoms in total. The zero-order valence-electron chi connectivity index (χ0n) is 17.5. The topological polar surface area (TPSA) is 31.4 Å². The quantitative estimate of drug-likeness (QED) is 0.635. The maximum Gasteiger partial charge on any atom is 0.0945 e. The standard InChI is InChI=1S/C26H33NO2/c1(7-21-8-5-9-22-10-6-11-23(21)22)3-13-25(24-12-2-4-16-27-24)14-18-29-26(19-25)15-17-28-20-26/h2,4-5,8-9,12,16H,1,3,6-7,10-11,13-15,17-20H2. The van der Waals surface area contributed by atoms with Gasteiger partial charge in [-0.3, -0.25) is 4.98 Å². The Balaban J connectivity index is 1.29. The van der Waals surface area contributed by atoms with Gasteiger partial charge in [0.1, 0.15) is 0 Å². The van der Waals surface area contributed by atoms with E-state index in [1.165, 1.54) is 50.6 Å². The number of nitrogens with zero attached hydrogens (tertiary/aromatic N) is 1. The first-order valence-electron chi connectivity index (χ1n) is 11.5. The van der Waals surface area contributed by atoms with Gasteiger partial charge in [-0.15, -0.1) is 0 Å². The van der Waals surface area contributed by atoms with Crippen LogP contribution < -0.4 is 0 Å². The molecule has 1 aromatic heterocycles. The molecule has 3 heteroatoms. The zero-order chi connectivity index (χ0) is 19.6. The highest BCUT2D eigenvalue weighted by molar-refractivity contribution is 5.38. The summed E-state index contributed by atoms with van der Waals surface area (Å²) < 4.78 is 12.0. The van der Waals surface area contributed by atoms with E-state index in [0.717, 1.165) is 39.1 Å². The zero-order valence-corrected chi connectivity index (χ0v) is 17.5. The van der Waals surface area contributed by atoms with Crippen molar-refractivity contribution in [2.75, 3.05) is 19.8 Å². The summed E-state index contributed by atoms with van der Waals surface area (Å²) in [6.45, 7) is 2.40. The van der Waals surface area contributed by atoms with Crippen LogP contribution in [0.1, 0.15) is 67.3 Å². The smallest absolute Gasteiger partial charge is 0.0945 e. The van der Waals surface area contributed by atoms with Crippen LogP contribution >= 0.6 is 0 Å². The second-order valence-corrected chi connectivity index (χ2v) is 9.37. The molecule has 1 spiro atoms. The molecular weight excluding hydrogens is 358 g/mol. The molecule has 5 rings (SSSR count). The fraction of sp³-hybridized carbons (Fsp3) is 0.577. The van der Waals surface area contributed by atoms with Gasteiger partial charge < -0.3 is 9.47 Å². The van der Waals surface area contributed by atoms with Crippen molar-refractivity contribution < 1.29 is 9.47 Å². The molecule has 2 aliphatic heterocycles. The molecule has 2 aromatic rings. The van der Waals surface area contributed by atoms with E-state index >= 15 is 0 Å². The van der Waals surface area contributed by atoms with E-state index in [1.807, 2.05) is 12.3 Å². The molecule has 2 unspecified atom stereocenters. The summed E-state index contributed by atoms with van der Waals surface area (Å²) in [7, 11) is 0. The molecular formula is C26H33NO2. The van der Waals surface area contributed by atoms with Crippen LogP contribution in [0.2, 0.25) is 0 Å². The van der Waals surface area contributed by atoms with Crippen LogP contribution in [-0.4, -0.2) is 30.4 Å². The number of hydrogen-bond acceptors (Lipinski definition) is 3. The highest BCUT2D eigenvalue weighted by Gasteiger charge is 2.49. The average molecular weight is 392 g/mol. The van der Waals surface area contributed by atoms with Crippen molar-refractivity contribution in [1.82, 2.24) is 4.98 Å². The first-order chi connectivity index (χ1) is 14.3. The molecule has 154 valence electrons. The van der Waals surface area contributed by atoms with Crippen LogP contribution in [0.3, 0.4) is 0 Å². The number of aryl methyl sites for hydroxylation is 2. The van der Waals surface area contributed by atoms with Gasteiger partial charge in [0.15, 0.2) is 0 Å². The molecule has 1 aliphatic carbocycles. The third-order valence-corrected chi connectivity index (χ3v) is 7.52. The van der Waals surface area contributed by atoms with E-state index in [4.69, 9.17) is 14.5 Å². The SMILES string of the molecule is c1ccc(C2(CCCCc3cccc4c3CCC4)CCOC3(CCOC3)C2)nc1. The molecule has 0 N–H and O–H groups in total. The van der Waals surface area contributed by atoms with Gasteiger partial charge in [0.2, 0.25) is 0 Å². The molecule has 0 bridgehead atoms. The summed E-state index contributed by atoms with van der Waals surface area (Å²) in [6.07, 6.45) is 13.9. The molecule has 0 saturated carbocycles. The lowest BCUT2D eigenvalue weighted by Gasteiger charge is -2.45. The maximum absolute atomic E-state index is 6.28. The van der Waals surface area contributed by atoms with Crippen LogP contribution in [0.5, 0.6) is 0 Å². The summed E-state index contributed by atoms with van der Waals surface area (Å²) in [5, 5.41) is 0. The number of hydrogen-bond donors (Lipinski definition) is 0. The highest BCUT2D eigenvalue weighted by atomic mass is 16.6. The summed E-state index contributed by atoms with van der Waals surface area (Å²) >= 11 is 0. The third kappa shape index (κ3) is 3.87. The Bertz CT molecular complexity index is 828. The van der Waals surface area contributed by atoms with Crippen LogP contribution in [0.15, 0.2) is 42.6 Å². The molecule has 2 fully saturated rings. The van der Waals surface area contributed by atoms with E-state index in [-0.39, 0.29) is 11.0 Å². The summed E-state index contributed by atoms with van der Waals surface area (Å²) in [6, 6.07) is 13.4. The number of rotatable bonds is 6. The molecule has 3 aliphatic rings. The van der Waals surface area contributed by atoms with Crippen molar-refractivity contribution in [3.05, 3.63) is 65.0 Å². The minimum absolute atomic E-state index is 0.0873. The highest BCUT2D eigenvalue weighted by Crippen LogP contribution is 2.47. The van der Waals surface area contributed by atoms with Crippen LogP contribution in [0.4, 0.5) is 0 Å². The number of benzene rings is 1. The molecule has 3 heterocycles. The van der Waals surface area contributed by atoms with E-state index in [0.29, 0.717) is 0 Å². The summed E-state index contributed by atoms with van der Waals surface area (Å²) in [4.78, 5) is 4.82. The number of aromatic nitrogens is 1. The first kappa shape index (κ1) is 19.3. The molecule has 1 aromatic carbocycles. The van der Waals surface area contributed by atoms with Crippen molar-refractivity contribution in [1.29, 1.82) is 0 Å². The number of pyridine rings is 1. The van der Waals surface area contributed by atoms with Crippen molar-refractivity contribution in [3.63, 3.8) is 0 Å². The Labute approximate surface area is 174 Å². The second-order valence-electron chi connectivity index (χ2n) is 9.37. The maximum atomic E-state index is 6.28. The monoisotopic (exact) mass is 391 g/mol. The van der Waals surface area contributed by atoms with Gasteiger partial charge in [-0.05, 0) is 80.2 Å². The van der Waals surface area contributed by atoms with E-state index in [1.54, 1.807) is 16.7 Å². The Morgan fingerprint density at radius 2 is 1.97 bits per heavy atom. The minimum Gasteiger partial charge on any atom is -0.378 e. The van der Waals surface area contributed by atoms with Gasteiger partial charge >= 0.3 is 0 Å². The predicted octanol–water partition coefficient (Wildman–Crippen LogP) is 5.19. The van der Waals surface area contributed by atoms with Crippen molar-refractivity contribution in [3.8, 4) is 0 Å². The lowest BCUT2D eigenvalue weighted by Crippen LogP contribution is -2.48. The lowest BCUT2D eigenvalue weighted by atomic mass is 9.67. The Morgan fingerprint density at radius 1 is 0.966 bits per heavy atom. The first-order valence-corrected chi connectivity index (χ1v) is 11.5. The Hall–Kier alpha value is -1.71. The lowest BCUT2D eigenvalue weighted by molar-refractivity contribution is -0.109. The summed E-state index contributed by atoms with van der Waals surface area (Å²) in [5.74, 6) is 0. The molecule has 0 radical (unpaired) electrons. The molecule has 0 amide bonds. The van der Waals surface area contributed by atoms with Gasteiger partial charge in [-0.1, -0.05) is 30.7 Å². The van der Waals surface area contributed by atoms with Crippen molar-refractivity contribution in [2.24, 2.45) is 0 Å². The van der Waals surface area contributed by atoms with Gasteiger partial charge in [0.25, 0.3) is 0 Å². The summed E-state index contributed by atoms with van der Waals surface area (Å²) in [5.41, 5.74) is 6.15. The average Bonchev–Trinajstić information content (AvgIpc) is 3.42. The van der Waals surface area contributed by atoms with Crippen molar-refractivity contribution >= 4 is 0 Å². The molecule has 29 heavy (non-hydrogen) atoms. The normalized spacial score (nSPS) is 28.7. The predicted molar refractivity (Wildman–Crippen MR) is 115 cm³/mol. The van der Waals surface area contributed by atoms with Crippen LogP contribution in [0, 0.1) is 0 Å². The van der Waals surface area contributed by atoms with E-state index in [9.17, 15) is 0 Å². The van der Waals surface area contributed by atoms with Gasteiger partial charge in [0, 0.05) is 36.9 Å². The van der Waals surface area contributed by atoms with Crippen LogP contribution in [-0.2, 0) is 34.2 Å².